The molecule has 3 rings (SSSR count). The number of carbonyl (C=O) groups excluding carboxylic acids is 2. The van der Waals surface area contributed by atoms with Crippen molar-refractivity contribution in [3.8, 4) is 5.75 Å². The number of rotatable bonds is 4. The van der Waals surface area contributed by atoms with Crippen LogP contribution in [0.1, 0.15) is 12.2 Å². The van der Waals surface area contributed by atoms with Crippen LogP contribution in [0.5, 0.6) is 5.75 Å². The van der Waals surface area contributed by atoms with Gasteiger partial charge in [-0.3, -0.25) is 14.5 Å². The third-order valence-electron chi connectivity index (χ3n) is 3.72. The van der Waals surface area contributed by atoms with Gasteiger partial charge in [-0.15, -0.1) is 0 Å². The third-order valence-corrected chi connectivity index (χ3v) is 3.72. The molecule has 2 heterocycles. The first-order valence-electron chi connectivity index (χ1n) is 7.43. The minimum absolute atomic E-state index is 0.0174. The van der Waals surface area contributed by atoms with Crippen molar-refractivity contribution in [1.82, 2.24) is 4.90 Å². The van der Waals surface area contributed by atoms with E-state index in [2.05, 4.69) is 0 Å². The SMILES string of the molecule is CN(Cc1ccco1)C(=O)CN1C(=O)CCOc2ccccc21. The Balaban J connectivity index is 1.75. The molecule has 2 aromatic rings. The van der Waals surface area contributed by atoms with Crippen LogP contribution in [0, 0.1) is 0 Å². The number of anilines is 1. The van der Waals surface area contributed by atoms with Gasteiger partial charge in [0.2, 0.25) is 11.8 Å². The molecule has 0 fully saturated rings. The second-order valence-electron chi connectivity index (χ2n) is 5.38. The van der Waals surface area contributed by atoms with Gasteiger partial charge in [-0.05, 0) is 24.3 Å². The zero-order valence-electron chi connectivity index (χ0n) is 12.9. The van der Waals surface area contributed by atoms with Crippen molar-refractivity contribution in [2.45, 2.75) is 13.0 Å². The summed E-state index contributed by atoms with van der Waals surface area (Å²) in [5.74, 6) is 1.05. The molecule has 0 spiro atoms. The van der Waals surface area contributed by atoms with Crippen molar-refractivity contribution in [2.24, 2.45) is 0 Å². The van der Waals surface area contributed by atoms with E-state index in [1.54, 1.807) is 36.4 Å². The number of nitrogens with zero attached hydrogens (tertiary/aromatic N) is 2. The fourth-order valence-corrected chi connectivity index (χ4v) is 2.47. The van der Waals surface area contributed by atoms with Gasteiger partial charge in [0.1, 0.15) is 18.1 Å². The van der Waals surface area contributed by atoms with E-state index < -0.39 is 0 Å². The highest BCUT2D eigenvalue weighted by Crippen LogP contribution is 2.30. The molecule has 0 radical (unpaired) electrons. The lowest BCUT2D eigenvalue weighted by Gasteiger charge is -2.24. The van der Waals surface area contributed by atoms with Crippen LogP contribution in [0.2, 0.25) is 0 Å². The molecule has 0 atom stereocenters. The van der Waals surface area contributed by atoms with Crippen LogP contribution in [0.4, 0.5) is 5.69 Å². The number of para-hydroxylation sites is 2. The summed E-state index contributed by atoms with van der Waals surface area (Å²) in [6.07, 6.45) is 1.82. The number of furan rings is 1. The molecule has 0 aliphatic carbocycles. The standard InChI is InChI=1S/C17H18N2O4/c1-18(11-13-5-4-9-22-13)17(21)12-19-14-6-2-3-7-15(14)23-10-8-16(19)20/h2-7,9H,8,10-12H2,1H3. The molecule has 6 nitrogen and oxygen atoms in total. The predicted octanol–water partition coefficient (Wildman–Crippen LogP) is 2.05. The lowest BCUT2D eigenvalue weighted by Crippen LogP contribution is -2.41. The van der Waals surface area contributed by atoms with Gasteiger partial charge in [0.05, 0.1) is 31.5 Å². The van der Waals surface area contributed by atoms with Crippen LogP contribution < -0.4 is 9.64 Å². The summed E-state index contributed by atoms with van der Waals surface area (Å²) in [6.45, 7) is 0.672. The Morgan fingerprint density at radius 3 is 2.87 bits per heavy atom. The van der Waals surface area contributed by atoms with Gasteiger partial charge in [-0.1, -0.05) is 12.1 Å². The van der Waals surface area contributed by atoms with Gasteiger partial charge in [0.25, 0.3) is 0 Å². The van der Waals surface area contributed by atoms with Crippen LogP contribution in [0.25, 0.3) is 0 Å². The molecule has 120 valence electrons. The molecule has 1 aliphatic heterocycles. The lowest BCUT2D eigenvalue weighted by atomic mass is 10.2. The Hall–Kier alpha value is -2.76. The number of hydrogen-bond acceptors (Lipinski definition) is 4. The first-order valence-corrected chi connectivity index (χ1v) is 7.43. The minimum atomic E-state index is -0.161. The minimum Gasteiger partial charge on any atom is -0.491 e. The average Bonchev–Trinajstić information content (AvgIpc) is 3.00. The molecule has 1 aromatic heterocycles. The molecule has 0 saturated carbocycles. The predicted molar refractivity (Wildman–Crippen MR) is 84.1 cm³/mol. The van der Waals surface area contributed by atoms with Gasteiger partial charge in [0, 0.05) is 7.05 Å². The Labute approximate surface area is 134 Å². The molecule has 0 unspecified atom stereocenters. The summed E-state index contributed by atoms with van der Waals surface area (Å²) in [7, 11) is 1.69. The van der Waals surface area contributed by atoms with Crippen molar-refractivity contribution in [3.63, 3.8) is 0 Å². The number of benzene rings is 1. The quantitative estimate of drug-likeness (QED) is 0.866. The van der Waals surface area contributed by atoms with Gasteiger partial charge in [-0.25, -0.2) is 0 Å². The number of fused-ring (bicyclic) bond motifs is 1. The summed E-state index contributed by atoms with van der Waals surface area (Å²) >= 11 is 0. The fourth-order valence-electron chi connectivity index (χ4n) is 2.47. The molecular formula is C17H18N2O4. The molecular weight excluding hydrogens is 296 g/mol. The highest BCUT2D eigenvalue weighted by Gasteiger charge is 2.26. The maximum atomic E-state index is 12.5. The summed E-state index contributed by atoms with van der Waals surface area (Å²) in [5.41, 5.74) is 0.634. The van der Waals surface area contributed by atoms with Crippen molar-refractivity contribution >= 4 is 17.5 Å². The molecule has 1 aromatic carbocycles. The first kappa shape index (κ1) is 15.1. The number of hydrogen-bond donors (Lipinski definition) is 0. The summed E-state index contributed by atoms with van der Waals surface area (Å²) in [4.78, 5) is 27.8. The number of likely N-dealkylation sites (N-methyl/N-ethyl adjacent to an activating group) is 1. The van der Waals surface area contributed by atoms with E-state index in [1.165, 1.54) is 4.90 Å². The Morgan fingerprint density at radius 2 is 2.09 bits per heavy atom. The maximum absolute atomic E-state index is 12.5. The van der Waals surface area contributed by atoms with Crippen LogP contribution in [0.3, 0.4) is 0 Å². The maximum Gasteiger partial charge on any atom is 0.242 e. The largest absolute Gasteiger partial charge is 0.491 e. The molecule has 1 aliphatic rings. The second-order valence-corrected chi connectivity index (χ2v) is 5.38. The second kappa shape index (κ2) is 6.56. The summed E-state index contributed by atoms with van der Waals surface area (Å²) < 4.78 is 10.8. The molecule has 0 N–H and O–H groups in total. The fraction of sp³-hybridized carbons (Fsp3) is 0.294. The molecule has 6 heteroatoms. The number of carbonyl (C=O) groups is 2. The number of amides is 2. The summed E-state index contributed by atoms with van der Waals surface area (Å²) in [6, 6.07) is 10.8. The van der Waals surface area contributed by atoms with Crippen molar-refractivity contribution in [3.05, 3.63) is 48.4 Å². The normalized spacial score (nSPS) is 14.0. The summed E-state index contributed by atoms with van der Waals surface area (Å²) in [5, 5.41) is 0. The Bertz CT molecular complexity index is 696. The lowest BCUT2D eigenvalue weighted by molar-refractivity contribution is -0.131. The highest BCUT2D eigenvalue weighted by molar-refractivity contribution is 6.00. The van der Waals surface area contributed by atoms with Gasteiger partial charge < -0.3 is 14.1 Å². The Morgan fingerprint density at radius 1 is 1.26 bits per heavy atom. The van der Waals surface area contributed by atoms with Crippen LogP contribution in [-0.2, 0) is 16.1 Å². The monoisotopic (exact) mass is 314 g/mol. The molecule has 23 heavy (non-hydrogen) atoms. The van der Waals surface area contributed by atoms with Gasteiger partial charge in [0.15, 0.2) is 0 Å². The van der Waals surface area contributed by atoms with E-state index in [-0.39, 0.29) is 24.8 Å². The van der Waals surface area contributed by atoms with Crippen LogP contribution in [0.15, 0.2) is 47.1 Å². The molecule has 0 bridgehead atoms. The van der Waals surface area contributed by atoms with E-state index in [1.807, 2.05) is 18.2 Å². The van der Waals surface area contributed by atoms with E-state index in [0.29, 0.717) is 30.3 Å². The molecule has 0 saturated heterocycles. The smallest absolute Gasteiger partial charge is 0.242 e. The molecule has 2 amide bonds. The zero-order valence-corrected chi connectivity index (χ0v) is 12.9. The van der Waals surface area contributed by atoms with E-state index in [0.717, 1.165) is 0 Å². The van der Waals surface area contributed by atoms with Gasteiger partial charge >= 0.3 is 0 Å². The Kier molecular flexibility index (Phi) is 4.32. The van der Waals surface area contributed by atoms with Crippen molar-refractivity contribution < 1.29 is 18.7 Å². The van der Waals surface area contributed by atoms with E-state index in [4.69, 9.17) is 9.15 Å². The first-order chi connectivity index (χ1) is 11.1. The zero-order chi connectivity index (χ0) is 16.2. The topological polar surface area (TPSA) is 63.0 Å². The average molecular weight is 314 g/mol. The third kappa shape index (κ3) is 3.36. The van der Waals surface area contributed by atoms with E-state index in [9.17, 15) is 9.59 Å². The van der Waals surface area contributed by atoms with Crippen molar-refractivity contribution in [2.75, 3.05) is 25.1 Å². The van der Waals surface area contributed by atoms with Crippen LogP contribution in [-0.4, -0.2) is 36.9 Å². The van der Waals surface area contributed by atoms with Crippen LogP contribution >= 0.6 is 0 Å². The van der Waals surface area contributed by atoms with Gasteiger partial charge in [-0.2, -0.15) is 0 Å². The number of ether oxygens (including phenoxy) is 1. The van der Waals surface area contributed by atoms with Crippen molar-refractivity contribution in [1.29, 1.82) is 0 Å². The highest BCUT2D eigenvalue weighted by atomic mass is 16.5. The van der Waals surface area contributed by atoms with E-state index >= 15 is 0 Å².